The van der Waals surface area contributed by atoms with Crippen molar-refractivity contribution in [2.24, 2.45) is 0 Å². The van der Waals surface area contributed by atoms with Gasteiger partial charge in [-0.2, -0.15) is 0 Å². The van der Waals surface area contributed by atoms with Crippen molar-refractivity contribution in [2.45, 2.75) is 13.0 Å². The summed E-state index contributed by atoms with van der Waals surface area (Å²) in [6.07, 6.45) is 1.53. The van der Waals surface area contributed by atoms with Gasteiger partial charge in [-0.05, 0) is 37.3 Å². The fraction of sp³-hybridized carbons (Fsp3) is 0.261. The SMILES string of the molecule is COc1ccc(/C=C2\Oc3cc(OCC(=O)N[C@H](C)C(=O)O)ccc3C2=O)c(OC)c1OC. The molecule has 1 aliphatic heterocycles. The largest absolute Gasteiger partial charge is 0.493 e. The van der Waals surface area contributed by atoms with Crippen molar-refractivity contribution < 1.29 is 43.2 Å². The lowest BCUT2D eigenvalue weighted by atomic mass is 10.1. The number of allylic oxidation sites excluding steroid dienone is 1. The average Bonchev–Trinajstić information content (AvgIpc) is 3.11. The van der Waals surface area contributed by atoms with Gasteiger partial charge in [0.05, 0.1) is 26.9 Å². The zero-order chi connectivity index (χ0) is 24.1. The summed E-state index contributed by atoms with van der Waals surface area (Å²) in [5.74, 6) is -0.233. The molecule has 10 nitrogen and oxygen atoms in total. The lowest BCUT2D eigenvalue weighted by Gasteiger charge is -2.14. The highest BCUT2D eigenvalue weighted by Gasteiger charge is 2.29. The molecule has 1 aliphatic rings. The standard InChI is InChI=1S/C23H23NO9/c1-12(23(27)28)24-19(25)11-32-14-6-7-15-17(10-14)33-18(20(15)26)9-13-5-8-16(29-2)22(31-4)21(13)30-3/h5-10,12H,11H2,1-4H3,(H,24,25)(H,27,28)/b18-9-/t12-/m1/s1. The van der Waals surface area contributed by atoms with Gasteiger partial charge < -0.3 is 34.1 Å². The molecule has 0 spiro atoms. The number of nitrogens with one attached hydrogen (secondary N) is 1. The molecule has 2 aromatic rings. The van der Waals surface area contributed by atoms with Crippen LogP contribution in [0.1, 0.15) is 22.8 Å². The number of aliphatic carboxylic acids is 1. The Bertz CT molecular complexity index is 1120. The molecule has 0 bridgehead atoms. The van der Waals surface area contributed by atoms with E-state index < -0.39 is 24.5 Å². The van der Waals surface area contributed by atoms with Crippen LogP contribution < -0.4 is 29.0 Å². The summed E-state index contributed by atoms with van der Waals surface area (Å²) in [5, 5.41) is 11.1. The number of Topliss-reactive ketones (excluding diaryl/α,β-unsaturated/α-hetero) is 1. The summed E-state index contributed by atoms with van der Waals surface area (Å²) in [5.41, 5.74) is 0.879. The normalized spacial score (nSPS) is 14.2. The van der Waals surface area contributed by atoms with E-state index in [1.165, 1.54) is 52.5 Å². The number of carboxylic acid groups (broad SMARTS) is 1. The highest BCUT2D eigenvalue weighted by atomic mass is 16.5. The molecule has 3 rings (SSSR count). The number of ether oxygens (including phenoxy) is 5. The summed E-state index contributed by atoms with van der Waals surface area (Å²) in [6, 6.07) is 6.88. The minimum atomic E-state index is -1.15. The zero-order valence-electron chi connectivity index (χ0n) is 18.5. The van der Waals surface area contributed by atoms with Crippen molar-refractivity contribution in [3.63, 3.8) is 0 Å². The summed E-state index contributed by atoms with van der Waals surface area (Å²) in [4.78, 5) is 35.4. The fourth-order valence-electron chi connectivity index (χ4n) is 3.13. The molecular formula is C23H23NO9. The number of ketones is 1. The van der Waals surface area contributed by atoms with Crippen LogP contribution in [0.2, 0.25) is 0 Å². The lowest BCUT2D eigenvalue weighted by molar-refractivity contribution is -0.141. The molecule has 1 atom stereocenters. The van der Waals surface area contributed by atoms with E-state index in [4.69, 9.17) is 28.8 Å². The maximum Gasteiger partial charge on any atom is 0.325 e. The van der Waals surface area contributed by atoms with Crippen LogP contribution >= 0.6 is 0 Å². The van der Waals surface area contributed by atoms with Crippen LogP contribution in [0.5, 0.6) is 28.7 Å². The number of carbonyl (C=O) groups is 3. The lowest BCUT2D eigenvalue weighted by Crippen LogP contribution is -2.40. The monoisotopic (exact) mass is 457 g/mol. The highest BCUT2D eigenvalue weighted by molar-refractivity contribution is 6.14. The number of amides is 1. The van der Waals surface area contributed by atoms with E-state index in [0.29, 0.717) is 28.4 Å². The van der Waals surface area contributed by atoms with Gasteiger partial charge in [-0.3, -0.25) is 14.4 Å². The molecular weight excluding hydrogens is 434 g/mol. The predicted molar refractivity (Wildman–Crippen MR) is 116 cm³/mol. The first-order valence-electron chi connectivity index (χ1n) is 9.81. The van der Waals surface area contributed by atoms with Crippen LogP contribution in [0, 0.1) is 0 Å². The fourth-order valence-corrected chi connectivity index (χ4v) is 3.13. The number of fused-ring (bicyclic) bond motifs is 1. The van der Waals surface area contributed by atoms with Gasteiger partial charge in [-0.1, -0.05) is 0 Å². The molecule has 0 saturated carbocycles. The summed E-state index contributed by atoms with van der Waals surface area (Å²) >= 11 is 0. The Morgan fingerprint density at radius 1 is 1.09 bits per heavy atom. The van der Waals surface area contributed by atoms with Crippen molar-refractivity contribution in [3.8, 4) is 28.7 Å². The van der Waals surface area contributed by atoms with Crippen LogP contribution in [0.3, 0.4) is 0 Å². The van der Waals surface area contributed by atoms with Crippen LogP contribution in [0.25, 0.3) is 6.08 Å². The van der Waals surface area contributed by atoms with Gasteiger partial charge in [0.25, 0.3) is 5.91 Å². The Labute approximate surface area is 189 Å². The summed E-state index contributed by atoms with van der Waals surface area (Å²) < 4.78 is 27.2. The third-order valence-corrected chi connectivity index (χ3v) is 4.78. The molecule has 1 heterocycles. The molecule has 1 amide bonds. The Kier molecular flexibility index (Phi) is 7.07. The first kappa shape index (κ1) is 23.5. The Morgan fingerprint density at radius 3 is 2.45 bits per heavy atom. The van der Waals surface area contributed by atoms with Gasteiger partial charge in [0.2, 0.25) is 11.5 Å². The van der Waals surface area contributed by atoms with E-state index in [1.54, 1.807) is 12.1 Å². The van der Waals surface area contributed by atoms with Gasteiger partial charge >= 0.3 is 5.97 Å². The Balaban J connectivity index is 1.78. The molecule has 10 heteroatoms. The van der Waals surface area contributed by atoms with Gasteiger partial charge in [0.15, 0.2) is 23.9 Å². The third-order valence-electron chi connectivity index (χ3n) is 4.78. The van der Waals surface area contributed by atoms with Crippen molar-refractivity contribution >= 4 is 23.7 Å². The number of benzene rings is 2. The minimum absolute atomic E-state index is 0.0701. The molecule has 0 aromatic heterocycles. The molecule has 2 N–H and O–H groups in total. The first-order chi connectivity index (χ1) is 15.8. The van der Waals surface area contributed by atoms with Gasteiger partial charge in [-0.25, -0.2) is 0 Å². The topological polar surface area (TPSA) is 130 Å². The average molecular weight is 457 g/mol. The molecule has 2 aromatic carbocycles. The summed E-state index contributed by atoms with van der Waals surface area (Å²) in [6.45, 7) is 0.951. The number of hydrogen-bond acceptors (Lipinski definition) is 8. The maximum atomic E-state index is 12.8. The van der Waals surface area contributed by atoms with Crippen LogP contribution in [0.4, 0.5) is 0 Å². The third kappa shape index (κ3) is 5.00. The molecule has 0 aliphatic carbocycles. The molecule has 0 radical (unpaired) electrons. The minimum Gasteiger partial charge on any atom is -0.493 e. The van der Waals surface area contributed by atoms with E-state index in [-0.39, 0.29) is 23.0 Å². The predicted octanol–water partition coefficient (Wildman–Crippen LogP) is 2.30. The van der Waals surface area contributed by atoms with Gasteiger partial charge in [0, 0.05) is 11.6 Å². The number of methoxy groups -OCH3 is 3. The molecule has 0 unspecified atom stereocenters. The smallest absolute Gasteiger partial charge is 0.325 e. The van der Waals surface area contributed by atoms with Crippen molar-refractivity contribution in [3.05, 3.63) is 47.2 Å². The second-order valence-corrected chi connectivity index (χ2v) is 6.94. The molecule has 33 heavy (non-hydrogen) atoms. The van der Waals surface area contributed by atoms with E-state index in [2.05, 4.69) is 5.32 Å². The van der Waals surface area contributed by atoms with Crippen molar-refractivity contribution in [2.75, 3.05) is 27.9 Å². The highest BCUT2D eigenvalue weighted by Crippen LogP contribution is 2.42. The van der Waals surface area contributed by atoms with Crippen LogP contribution in [-0.4, -0.2) is 56.7 Å². The number of hydrogen-bond donors (Lipinski definition) is 2. The van der Waals surface area contributed by atoms with E-state index in [1.807, 2.05) is 0 Å². The second kappa shape index (κ2) is 9.94. The zero-order valence-corrected chi connectivity index (χ0v) is 18.5. The van der Waals surface area contributed by atoms with E-state index in [9.17, 15) is 14.4 Å². The number of carboxylic acids is 1. The maximum absolute atomic E-state index is 12.8. The van der Waals surface area contributed by atoms with Crippen molar-refractivity contribution in [1.29, 1.82) is 0 Å². The Morgan fingerprint density at radius 2 is 1.82 bits per heavy atom. The van der Waals surface area contributed by atoms with Crippen LogP contribution in [-0.2, 0) is 9.59 Å². The number of carbonyl (C=O) groups excluding carboxylic acids is 2. The van der Waals surface area contributed by atoms with E-state index >= 15 is 0 Å². The Hall–Kier alpha value is -4.21. The number of rotatable bonds is 9. The summed E-state index contributed by atoms with van der Waals surface area (Å²) in [7, 11) is 4.46. The first-order valence-corrected chi connectivity index (χ1v) is 9.81. The van der Waals surface area contributed by atoms with Crippen molar-refractivity contribution in [1.82, 2.24) is 5.32 Å². The van der Waals surface area contributed by atoms with E-state index in [0.717, 1.165) is 0 Å². The molecule has 174 valence electrons. The van der Waals surface area contributed by atoms with Gasteiger partial charge in [0.1, 0.15) is 17.5 Å². The molecule has 0 saturated heterocycles. The van der Waals surface area contributed by atoms with Crippen LogP contribution in [0.15, 0.2) is 36.1 Å². The van der Waals surface area contributed by atoms with Gasteiger partial charge in [-0.15, -0.1) is 0 Å². The molecule has 0 fully saturated rings. The quantitative estimate of drug-likeness (QED) is 0.545. The second-order valence-electron chi connectivity index (χ2n) is 6.94.